The van der Waals surface area contributed by atoms with Crippen LogP contribution < -0.4 is 5.32 Å². The number of likely N-dealkylation sites (tertiary alicyclic amines) is 1. The normalized spacial score (nSPS) is 23.6. The van der Waals surface area contributed by atoms with Crippen molar-refractivity contribution < 1.29 is 4.79 Å². The third-order valence-electron chi connectivity index (χ3n) is 3.55. The van der Waals surface area contributed by atoms with Crippen molar-refractivity contribution in [1.82, 2.24) is 10.2 Å². The molecule has 0 aromatic rings. The van der Waals surface area contributed by atoms with E-state index in [2.05, 4.69) is 24.2 Å². The number of carbonyl (C=O) groups is 1. The lowest BCUT2D eigenvalue weighted by molar-refractivity contribution is -0.130. The Balaban J connectivity index is 1.67. The number of thioether (sulfide) groups is 1. The van der Waals surface area contributed by atoms with Gasteiger partial charge in [0.25, 0.3) is 0 Å². The van der Waals surface area contributed by atoms with Crippen molar-refractivity contribution in [2.75, 3.05) is 26.2 Å². The van der Waals surface area contributed by atoms with Crippen LogP contribution in [0.3, 0.4) is 0 Å². The second kappa shape index (κ2) is 7.17. The number of aliphatic imine (C=N–C) groups is 1. The lowest BCUT2D eigenvalue weighted by atomic mass is 10.1. The van der Waals surface area contributed by atoms with Crippen LogP contribution in [-0.4, -0.2) is 47.4 Å². The molecule has 0 radical (unpaired) electrons. The first-order chi connectivity index (χ1) is 9.15. The fourth-order valence-electron chi connectivity index (χ4n) is 2.57. The number of hydrogen-bond donors (Lipinski definition) is 1. The van der Waals surface area contributed by atoms with Crippen LogP contribution in [0.25, 0.3) is 0 Å². The minimum atomic E-state index is 0.218. The van der Waals surface area contributed by atoms with Gasteiger partial charge in [0, 0.05) is 18.3 Å². The summed E-state index contributed by atoms with van der Waals surface area (Å²) in [7, 11) is 0. The first kappa shape index (κ1) is 14.7. The zero-order valence-corrected chi connectivity index (χ0v) is 12.8. The van der Waals surface area contributed by atoms with Gasteiger partial charge in [0.05, 0.1) is 13.1 Å². The molecule has 2 rings (SSSR count). The Bertz CT molecular complexity index is 338. The van der Waals surface area contributed by atoms with Crippen LogP contribution in [0.1, 0.15) is 39.5 Å². The van der Waals surface area contributed by atoms with E-state index in [1.165, 1.54) is 12.8 Å². The first-order valence-electron chi connectivity index (χ1n) is 7.38. The molecule has 0 aromatic heterocycles. The molecule has 2 aliphatic heterocycles. The molecule has 1 atom stereocenters. The molecular formula is C14H25N3OS. The minimum Gasteiger partial charge on any atom is -0.356 e. The lowest BCUT2D eigenvalue weighted by Gasteiger charge is -2.26. The molecule has 1 amide bonds. The molecular weight excluding hydrogens is 258 g/mol. The predicted molar refractivity (Wildman–Crippen MR) is 81.6 cm³/mol. The number of carbonyl (C=O) groups excluding carboxylic acids is 1. The SMILES string of the molecule is CC(C)CC1CN=C(NCC(=O)N2CCCCC2)S1. The second-order valence-electron chi connectivity index (χ2n) is 5.81. The number of rotatable bonds is 4. The van der Waals surface area contributed by atoms with E-state index in [0.29, 0.717) is 17.7 Å². The smallest absolute Gasteiger partial charge is 0.241 e. The molecule has 1 unspecified atom stereocenters. The molecule has 108 valence electrons. The Hall–Kier alpha value is -0.710. The van der Waals surface area contributed by atoms with E-state index in [9.17, 15) is 4.79 Å². The summed E-state index contributed by atoms with van der Waals surface area (Å²) < 4.78 is 0. The number of hydrogen-bond acceptors (Lipinski definition) is 4. The van der Waals surface area contributed by atoms with E-state index in [1.807, 2.05) is 4.90 Å². The largest absolute Gasteiger partial charge is 0.356 e. The van der Waals surface area contributed by atoms with Gasteiger partial charge in [-0.25, -0.2) is 0 Å². The number of amidine groups is 1. The topological polar surface area (TPSA) is 44.7 Å². The Kier molecular flexibility index (Phi) is 5.55. The van der Waals surface area contributed by atoms with Crippen LogP contribution >= 0.6 is 11.8 Å². The third-order valence-corrected chi connectivity index (χ3v) is 4.72. The maximum atomic E-state index is 12.0. The molecule has 0 aromatic carbocycles. The van der Waals surface area contributed by atoms with Gasteiger partial charge in [-0.15, -0.1) is 0 Å². The van der Waals surface area contributed by atoms with Crippen LogP contribution in [0.5, 0.6) is 0 Å². The van der Waals surface area contributed by atoms with Crippen molar-refractivity contribution in [2.45, 2.75) is 44.8 Å². The first-order valence-corrected chi connectivity index (χ1v) is 8.26. The number of nitrogens with zero attached hydrogens (tertiary/aromatic N) is 2. The number of amides is 1. The Morgan fingerprint density at radius 1 is 1.42 bits per heavy atom. The average molecular weight is 283 g/mol. The van der Waals surface area contributed by atoms with E-state index < -0.39 is 0 Å². The van der Waals surface area contributed by atoms with Crippen molar-refractivity contribution in [1.29, 1.82) is 0 Å². The van der Waals surface area contributed by atoms with Gasteiger partial charge in [-0.1, -0.05) is 25.6 Å². The van der Waals surface area contributed by atoms with E-state index in [-0.39, 0.29) is 5.91 Å². The summed E-state index contributed by atoms with van der Waals surface area (Å²) in [4.78, 5) is 18.5. The summed E-state index contributed by atoms with van der Waals surface area (Å²) in [6.45, 7) is 7.63. The van der Waals surface area contributed by atoms with Crippen LogP contribution in [0.2, 0.25) is 0 Å². The molecule has 4 nitrogen and oxygen atoms in total. The summed E-state index contributed by atoms with van der Waals surface area (Å²) >= 11 is 1.80. The van der Waals surface area contributed by atoms with Gasteiger partial charge in [-0.3, -0.25) is 9.79 Å². The monoisotopic (exact) mass is 283 g/mol. The summed E-state index contributed by atoms with van der Waals surface area (Å²) in [6, 6.07) is 0. The van der Waals surface area contributed by atoms with E-state index in [4.69, 9.17) is 0 Å². The molecule has 0 aliphatic carbocycles. The molecule has 2 aliphatic rings. The van der Waals surface area contributed by atoms with Crippen LogP contribution in [0, 0.1) is 5.92 Å². The Labute approximate surface area is 120 Å². The lowest BCUT2D eigenvalue weighted by Crippen LogP contribution is -2.42. The fourth-order valence-corrected chi connectivity index (χ4v) is 3.82. The fraction of sp³-hybridized carbons (Fsp3) is 0.857. The standard InChI is InChI=1S/C14H25N3OS/c1-11(2)8-12-9-15-14(19-12)16-10-13(18)17-6-4-3-5-7-17/h11-12H,3-10H2,1-2H3,(H,15,16). The maximum absolute atomic E-state index is 12.0. The molecule has 5 heteroatoms. The molecule has 0 saturated carbocycles. The molecule has 1 saturated heterocycles. The quantitative estimate of drug-likeness (QED) is 0.859. The van der Waals surface area contributed by atoms with Gasteiger partial charge in [0.1, 0.15) is 0 Å². The van der Waals surface area contributed by atoms with Gasteiger partial charge in [-0.2, -0.15) is 0 Å². The average Bonchev–Trinajstić information content (AvgIpc) is 2.84. The van der Waals surface area contributed by atoms with E-state index >= 15 is 0 Å². The summed E-state index contributed by atoms with van der Waals surface area (Å²) in [6.07, 6.45) is 4.76. The molecule has 1 fully saturated rings. The summed E-state index contributed by atoms with van der Waals surface area (Å²) in [5.41, 5.74) is 0. The predicted octanol–water partition coefficient (Wildman–Crippen LogP) is 2.11. The Morgan fingerprint density at radius 3 is 2.84 bits per heavy atom. The highest BCUT2D eigenvalue weighted by atomic mass is 32.2. The van der Waals surface area contributed by atoms with Gasteiger partial charge in [0.2, 0.25) is 5.91 Å². The van der Waals surface area contributed by atoms with Gasteiger partial charge < -0.3 is 10.2 Å². The highest BCUT2D eigenvalue weighted by Gasteiger charge is 2.22. The minimum absolute atomic E-state index is 0.218. The van der Waals surface area contributed by atoms with Crippen molar-refractivity contribution in [3.8, 4) is 0 Å². The van der Waals surface area contributed by atoms with Crippen molar-refractivity contribution >= 4 is 22.8 Å². The molecule has 0 bridgehead atoms. The van der Waals surface area contributed by atoms with Crippen LogP contribution in [-0.2, 0) is 4.79 Å². The second-order valence-corrected chi connectivity index (χ2v) is 7.10. The highest BCUT2D eigenvalue weighted by Crippen LogP contribution is 2.25. The Morgan fingerprint density at radius 2 is 2.16 bits per heavy atom. The maximum Gasteiger partial charge on any atom is 0.241 e. The summed E-state index contributed by atoms with van der Waals surface area (Å²) in [5.74, 6) is 0.928. The number of nitrogens with one attached hydrogen (secondary N) is 1. The van der Waals surface area contributed by atoms with Gasteiger partial charge >= 0.3 is 0 Å². The summed E-state index contributed by atoms with van der Waals surface area (Å²) in [5, 5.41) is 4.75. The van der Waals surface area contributed by atoms with E-state index in [1.54, 1.807) is 11.8 Å². The highest BCUT2D eigenvalue weighted by molar-refractivity contribution is 8.14. The van der Waals surface area contributed by atoms with Crippen molar-refractivity contribution in [3.63, 3.8) is 0 Å². The van der Waals surface area contributed by atoms with Crippen LogP contribution in [0.4, 0.5) is 0 Å². The van der Waals surface area contributed by atoms with Crippen molar-refractivity contribution in [3.05, 3.63) is 0 Å². The zero-order valence-electron chi connectivity index (χ0n) is 12.0. The molecule has 0 spiro atoms. The van der Waals surface area contributed by atoms with Crippen LogP contribution in [0.15, 0.2) is 4.99 Å². The third kappa shape index (κ3) is 4.71. The van der Waals surface area contributed by atoms with Gasteiger partial charge in [0.15, 0.2) is 5.17 Å². The number of piperidine rings is 1. The van der Waals surface area contributed by atoms with Gasteiger partial charge in [-0.05, 0) is 31.6 Å². The van der Waals surface area contributed by atoms with Crippen molar-refractivity contribution in [2.24, 2.45) is 10.9 Å². The molecule has 2 heterocycles. The molecule has 1 N–H and O–H groups in total. The molecule has 19 heavy (non-hydrogen) atoms. The zero-order chi connectivity index (χ0) is 13.7. The van der Waals surface area contributed by atoms with E-state index in [0.717, 1.165) is 37.6 Å².